The lowest BCUT2D eigenvalue weighted by Gasteiger charge is -2.17. The van der Waals surface area contributed by atoms with E-state index in [-0.39, 0.29) is 0 Å². The van der Waals surface area contributed by atoms with E-state index in [0.29, 0.717) is 0 Å². The molecule has 0 aliphatic heterocycles. The van der Waals surface area contributed by atoms with Crippen LogP contribution in [0.5, 0.6) is 0 Å². The molecule has 0 spiro atoms. The number of nitrogens with zero attached hydrogens (tertiary/aromatic N) is 1. The molecule has 0 saturated heterocycles. The molecule has 0 heterocycles. The van der Waals surface area contributed by atoms with Gasteiger partial charge >= 0.3 is 0 Å². The molecule has 20 heavy (non-hydrogen) atoms. The summed E-state index contributed by atoms with van der Waals surface area (Å²) in [7, 11) is 4.14. The monoisotopic (exact) mass is 268 g/mol. The molecule has 106 valence electrons. The van der Waals surface area contributed by atoms with Crippen molar-refractivity contribution in [3.63, 3.8) is 0 Å². The normalized spacial score (nSPS) is 10.4. The lowest BCUT2D eigenvalue weighted by Crippen LogP contribution is -2.09. The van der Waals surface area contributed by atoms with E-state index in [0.717, 1.165) is 6.54 Å². The maximum absolute atomic E-state index is 3.56. The van der Waals surface area contributed by atoms with Crippen molar-refractivity contribution in [2.45, 2.75) is 27.3 Å². The molecule has 2 aromatic rings. The molecule has 1 N–H and O–H groups in total. The predicted molar refractivity (Wildman–Crippen MR) is 88.7 cm³/mol. The standard InChI is InChI=1S/C18H24N2/c1-13-7-6-8-14(2)17(13)12-19-18-10-9-16(20(4)5)11-15(18)3/h6-11,19H,12H2,1-5H3. The molecule has 0 bridgehead atoms. The molecule has 0 saturated carbocycles. The minimum atomic E-state index is 0.876. The first kappa shape index (κ1) is 14.4. The van der Waals surface area contributed by atoms with Crippen LogP contribution in [0, 0.1) is 20.8 Å². The van der Waals surface area contributed by atoms with Gasteiger partial charge in [0.15, 0.2) is 0 Å². The molecule has 2 aromatic carbocycles. The van der Waals surface area contributed by atoms with E-state index in [9.17, 15) is 0 Å². The molecule has 0 atom stereocenters. The van der Waals surface area contributed by atoms with Crippen LogP contribution in [0.25, 0.3) is 0 Å². The third-order valence-corrected chi connectivity index (χ3v) is 3.83. The Hall–Kier alpha value is -1.96. The Morgan fingerprint density at radius 1 is 0.900 bits per heavy atom. The maximum atomic E-state index is 3.56. The van der Waals surface area contributed by atoms with Gasteiger partial charge in [-0.15, -0.1) is 0 Å². The van der Waals surface area contributed by atoms with E-state index in [2.05, 4.69) is 81.5 Å². The molecule has 0 aliphatic rings. The van der Waals surface area contributed by atoms with Gasteiger partial charge in [0.25, 0.3) is 0 Å². The SMILES string of the molecule is Cc1cc(N(C)C)ccc1NCc1c(C)cccc1C. The van der Waals surface area contributed by atoms with Crippen LogP contribution in [-0.4, -0.2) is 14.1 Å². The van der Waals surface area contributed by atoms with Gasteiger partial charge in [-0.2, -0.15) is 0 Å². The van der Waals surface area contributed by atoms with Crippen LogP contribution in [0.3, 0.4) is 0 Å². The highest BCUT2D eigenvalue weighted by molar-refractivity contribution is 5.60. The Morgan fingerprint density at radius 3 is 2.10 bits per heavy atom. The van der Waals surface area contributed by atoms with Gasteiger partial charge in [0.1, 0.15) is 0 Å². The second-order valence-corrected chi connectivity index (χ2v) is 5.62. The number of rotatable bonds is 4. The van der Waals surface area contributed by atoms with Crippen LogP contribution in [0.15, 0.2) is 36.4 Å². The minimum absolute atomic E-state index is 0.876. The molecule has 0 unspecified atom stereocenters. The van der Waals surface area contributed by atoms with E-state index in [1.807, 2.05) is 0 Å². The summed E-state index contributed by atoms with van der Waals surface area (Å²) in [5.41, 5.74) is 7.81. The van der Waals surface area contributed by atoms with Gasteiger partial charge in [0, 0.05) is 32.0 Å². The zero-order chi connectivity index (χ0) is 14.7. The Kier molecular flexibility index (Phi) is 4.33. The molecule has 2 rings (SSSR count). The zero-order valence-corrected chi connectivity index (χ0v) is 13.1. The highest BCUT2D eigenvalue weighted by Crippen LogP contribution is 2.23. The summed E-state index contributed by atoms with van der Waals surface area (Å²) in [4.78, 5) is 2.13. The number of nitrogens with one attached hydrogen (secondary N) is 1. The number of anilines is 2. The van der Waals surface area contributed by atoms with Crippen LogP contribution in [0.1, 0.15) is 22.3 Å². The van der Waals surface area contributed by atoms with E-state index < -0.39 is 0 Å². The Bertz CT molecular complexity index is 580. The van der Waals surface area contributed by atoms with E-state index in [1.54, 1.807) is 0 Å². The van der Waals surface area contributed by atoms with Crippen molar-refractivity contribution < 1.29 is 0 Å². The van der Waals surface area contributed by atoms with E-state index in [1.165, 1.54) is 33.6 Å². The summed E-state index contributed by atoms with van der Waals surface area (Å²) in [5.74, 6) is 0. The van der Waals surface area contributed by atoms with Gasteiger partial charge in [0.2, 0.25) is 0 Å². The van der Waals surface area contributed by atoms with Crippen molar-refractivity contribution in [3.05, 3.63) is 58.7 Å². The van der Waals surface area contributed by atoms with Gasteiger partial charge in [-0.1, -0.05) is 18.2 Å². The van der Waals surface area contributed by atoms with Crippen LogP contribution in [-0.2, 0) is 6.54 Å². The molecule has 0 aromatic heterocycles. The largest absolute Gasteiger partial charge is 0.381 e. The van der Waals surface area contributed by atoms with Gasteiger partial charge in [-0.3, -0.25) is 0 Å². The summed E-state index contributed by atoms with van der Waals surface area (Å²) < 4.78 is 0. The second kappa shape index (κ2) is 6.00. The molecule has 0 aliphatic carbocycles. The van der Waals surface area contributed by atoms with Gasteiger partial charge in [-0.05, 0) is 61.2 Å². The summed E-state index contributed by atoms with van der Waals surface area (Å²) in [6.07, 6.45) is 0. The highest BCUT2D eigenvalue weighted by Gasteiger charge is 2.04. The van der Waals surface area contributed by atoms with Crippen LogP contribution in [0.2, 0.25) is 0 Å². The zero-order valence-electron chi connectivity index (χ0n) is 13.1. The summed E-state index contributed by atoms with van der Waals surface area (Å²) >= 11 is 0. The molecule has 2 nitrogen and oxygen atoms in total. The summed E-state index contributed by atoms with van der Waals surface area (Å²) in [6, 6.07) is 13.0. The fraction of sp³-hybridized carbons (Fsp3) is 0.333. The maximum Gasteiger partial charge on any atom is 0.0406 e. The minimum Gasteiger partial charge on any atom is -0.381 e. The molecule has 2 heteroatoms. The first-order chi connectivity index (χ1) is 9.49. The van der Waals surface area contributed by atoms with E-state index >= 15 is 0 Å². The van der Waals surface area contributed by atoms with Gasteiger partial charge in [0.05, 0.1) is 0 Å². The number of hydrogen-bond donors (Lipinski definition) is 1. The van der Waals surface area contributed by atoms with Gasteiger partial charge < -0.3 is 10.2 Å². The topological polar surface area (TPSA) is 15.3 Å². The van der Waals surface area contributed by atoms with Crippen LogP contribution >= 0.6 is 0 Å². The number of hydrogen-bond acceptors (Lipinski definition) is 2. The third-order valence-electron chi connectivity index (χ3n) is 3.83. The van der Waals surface area contributed by atoms with E-state index in [4.69, 9.17) is 0 Å². The van der Waals surface area contributed by atoms with Crippen molar-refractivity contribution in [1.82, 2.24) is 0 Å². The quantitative estimate of drug-likeness (QED) is 0.890. The van der Waals surface area contributed by atoms with Crippen molar-refractivity contribution in [1.29, 1.82) is 0 Å². The predicted octanol–water partition coefficient (Wildman–Crippen LogP) is 4.29. The Balaban J connectivity index is 2.15. The molecule has 0 fully saturated rings. The Labute approximate surface area is 122 Å². The fourth-order valence-corrected chi connectivity index (χ4v) is 2.44. The molecule has 0 radical (unpaired) electrons. The van der Waals surface area contributed by atoms with Crippen molar-refractivity contribution in [2.75, 3.05) is 24.3 Å². The number of benzene rings is 2. The lowest BCUT2D eigenvalue weighted by molar-refractivity contribution is 1.08. The lowest BCUT2D eigenvalue weighted by atomic mass is 10.0. The average Bonchev–Trinajstić information content (AvgIpc) is 2.39. The van der Waals surface area contributed by atoms with Crippen LogP contribution < -0.4 is 10.2 Å². The third kappa shape index (κ3) is 3.13. The number of aryl methyl sites for hydroxylation is 3. The van der Waals surface area contributed by atoms with Crippen molar-refractivity contribution in [2.24, 2.45) is 0 Å². The fourth-order valence-electron chi connectivity index (χ4n) is 2.44. The first-order valence-electron chi connectivity index (χ1n) is 7.06. The van der Waals surface area contributed by atoms with Gasteiger partial charge in [-0.25, -0.2) is 0 Å². The van der Waals surface area contributed by atoms with Crippen LogP contribution in [0.4, 0.5) is 11.4 Å². The summed E-state index contributed by atoms with van der Waals surface area (Å²) in [6.45, 7) is 7.37. The second-order valence-electron chi connectivity index (χ2n) is 5.62. The smallest absolute Gasteiger partial charge is 0.0406 e. The molecule has 0 amide bonds. The molecular weight excluding hydrogens is 244 g/mol. The molecular formula is C18H24N2. The first-order valence-corrected chi connectivity index (χ1v) is 7.06. The van der Waals surface area contributed by atoms with Crippen molar-refractivity contribution >= 4 is 11.4 Å². The average molecular weight is 268 g/mol. The summed E-state index contributed by atoms with van der Waals surface area (Å²) in [5, 5.41) is 3.56. The van der Waals surface area contributed by atoms with Crippen molar-refractivity contribution in [3.8, 4) is 0 Å². The Morgan fingerprint density at radius 2 is 1.55 bits per heavy atom. The highest BCUT2D eigenvalue weighted by atomic mass is 15.1.